The van der Waals surface area contributed by atoms with E-state index < -0.39 is 5.82 Å². The molecule has 3 nitrogen and oxygen atoms in total. The first kappa shape index (κ1) is 8.34. The highest BCUT2D eigenvalue weighted by Crippen LogP contribution is 2.27. The molecule has 0 bridgehead atoms. The second kappa shape index (κ2) is 3.09. The Bertz CT molecular complexity index is 344. The summed E-state index contributed by atoms with van der Waals surface area (Å²) in [5.41, 5.74) is -0.148. The number of hydrogen-bond acceptors (Lipinski definition) is 3. The molecule has 62 valence electrons. The van der Waals surface area contributed by atoms with Gasteiger partial charge in [0, 0.05) is 12.1 Å². The van der Waals surface area contributed by atoms with E-state index in [1.54, 1.807) is 6.07 Å². The Hall–Kier alpha value is -1.76. The van der Waals surface area contributed by atoms with Crippen molar-refractivity contribution in [2.75, 3.05) is 7.11 Å². The monoisotopic (exact) mass is 167 g/mol. The molecule has 0 radical (unpaired) electrons. The van der Waals surface area contributed by atoms with E-state index in [1.807, 2.05) is 0 Å². The van der Waals surface area contributed by atoms with Gasteiger partial charge in [-0.3, -0.25) is 0 Å². The maximum Gasteiger partial charge on any atom is 0.162 e. The van der Waals surface area contributed by atoms with Gasteiger partial charge in [-0.25, -0.2) is 4.39 Å². The highest BCUT2D eigenvalue weighted by molar-refractivity contribution is 5.46. The van der Waals surface area contributed by atoms with Crippen LogP contribution in [0.1, 0.15) is 5.56 Å². The average Bonchev–Trinajstić information content (AvgIpc) is 2.05. The minimum Gasteiger partial charge on any atom is -0.504 e. The molecule has 1 aromatic carbocycles. The zero-order valence-corrected chi connectivity index (χ0v) is 6.34. The summed E-state index contributed by atoms with van der Waals surface area (Å²) in [5, 5.41) is 17.4. The zero-order chi connectivity index (χ0) is 9.14. The van der Waals surface area contributed by atoms with E-state index in [-0.39, 0.29) is 17.1 Å². The summed E-state index contributed by atoms with van der Waals surface area (Å²) in [7, 11) is 1.33. The van der Waals surface area contributed by atoms with Crippen LogP contribution < -0.4 is 4.74 Å². The smallest absolute Gasteiger partial charge is 0.162 e. The lowest BCUT2D eigenvalue weighted by Crippen LogP contribution is -1.88. The number of benzene rings is 1. The van der Waals surface area contributed by atoms with Crippen molar-refractivity contribution in [3.8, 4) is 17.6 Å². The van der Waals surface area contributed by atoms with Crippen LogP contribution in [0.4, 0.5) is 4.39 Å². The Morgan fingerprint density at radius 1 is 1.58 bits per heavy atom. The minimum atomic E-state index is -0.754. The van der Waals surface area contributed by atoms with E-state index >= 15 is 0 Å². The van der Waals surface area contributed by atoms with Crippen molar-refractivity contribution in [2.45, 2.75) is 0 Å². The van der Waals surface area contributed by atoms with Crippen molar-refractivity contribution in [1.29, 1.82) is 5.26 Å². The van der Waals surface area contributed by atoms with Gasteiger partial charge < -0.3 is 9.84 Å². The summed E-state index contributed by atoms with van der Waals surface area (Å²) < 4.78 is 17.4. The van der Waals surface area contributed by atoms with Gasteiger partial charge in [-0.15, -0.1) is 0 Å². The fourth-order valence-electron chi connectivity index (χ4n) is 0.792. The highest BCUT2D eigenvalue weighted by Gasteiger charge is 2.08. The van der Waals surface area contributed by atoms with Gasteiger partial charge in [0.15, 0.2) is 11.5 Å². The summed E-state index contributed by atoms with van der Waals surface area (Å²) in [6.45, 7) is 0. The molecule has 1 N–H and O–H groups in total. The molecule has 0 aliphatic rings. The van der Waals surface area contributed by atoms with Crippen LogP contribution in [-0.2, 0) is 0 Å². The number of phenols is 1. The number of halogens is 1. The zero-order valence-electron chi connectivity index (χ0n) is 6.34. The largest absolute Gasteiger partial charge is 0.504 e. The summed E-state index contributed by atoms with van der Waals surface area (Å²) in [5.74, 6) is -0.974. The predicted molar refractivity (Wildman–Crippen MR) is 39.3 cm³/mol. The molecule has 12 heavy (non-hydrogen) atoms. The number of nitriles is 1. The van der Waals surface area contributed by atoms with E-state index in [9.17, 15) is 4.39 Å². The van der Waals surface area contributed by atoms with Crippen LogP contribution in [0.2, 0.25) is 0 Å². The van der Waals surface area contributed by atoms with Crippen LogP contribution in [0, 0.1) is 17.1 Å². The molecule has 0 amide bonds. The summed E-state index contributed by atoms with van der Waals surface area (Å²) in [6.07, 6.45) is 0. The van der Waals surface area contributed by atoms with E-state index in [0.29, 0.717) is 0 Å². The number of phenolic OH excluding ortho intramolecular Hbond substituents is 1. The molecule has 0 aliphatic heterocycles. The van der Waals surface area contributed by atoms with Crippen molar-refractivity contribution in [2.24, 2.45) is 0 Å². The highest BCUT2D eigenvalue weighted by atomic mass is 19.1. The number of aromatic hydroxyl groups is 1. The quantitative estimate of drug-likeness (QED) is 0.688. The fraction of sp³-hybridized carbons (Fsp3) is 0.125. The van der Waals surface area contributed by atoms with Crippen LogP contribution in [0.15, 0.2) is 12.1 Å². The molecule has 0 fully saturated rings. The van der Waals surface area contributed by atoms with E-state index in [4.69, 9.17) is 10.4 Å². The van der Waals surface area contributed by atoms with Crippen LogP contribution in [-0.4, -0.2) is 12.2 Å². The first-order chi connectivity index (χ1) is 5.69. The second-order valence-corrected chi connectivity index (χ2v) is 2.12. The predicted octanol–water partition coefficient (Wildman–Crippen LogP) is 1.41. The lowest BCUT2D eigenvalue weighted by molar-refractivity contribution is 0.370. The molecule has 0 aliphatic carbocycles. The lowest BCUT2D eigenvalue weighted by Gasteiger charge is -2.02. The first-order valence-corrected chi connectivity index (χ1v) is 3.15. The number of hydrogen-bond donors (Lipinski definition) is 1. The van der Waals surface area contributed by atoms with Gasteiger partial charge >= 0.3 is 0 Å². The van der Waals surface area contributed by atoms with Gasteiger partial charge in [0.25, 0.3) is 0 Å². The Morgan fingerprint density at radius 2 is 2.25 bits per heavy atom. The van der Waals surface area contributed by atoms with Crippen molar-refractivity contribution in [3.63, 3.8) is 0 Å². The summed E-state index contributed by atoms with van der Waals surface area (Å²) in [4.78, 5) is 0. The van der Waals surface area contributed by atoms with Gasteiger partial charge in [0.05, 0.1) is 12.7 Å². The Labute approximate surface area is 68.6 Å². The van der Waals surface area contributed by atoms with E-state index in [1.165, 1.54) is 7.11 Å². The van der Waals surface area contributed by atoms with Crippen molar-refractivity contribution >= 4 is 0 Å². The molecule has 0 unspecified atom stereocenters. The first-order valence-electron chi connectivity index (χ1n) is 3.15. The van der Waals surface area contributed by atoms with Crippen LogP contribution in [0.5, 0.6) is 11.5 Å². The van der Waals surface area contributed by atoms with Gasteiger partial charge in [0.2, 0.25) is 0 Å². The maximum atomic E-state index is 12.7. The molecule has 1 aromatic rings. The lowest BCUT2D eigenvalue weighted by atomic mass is 10.2. The summed E-state index contributed by atoms with van der Waals surface area (Å²) in [6, 6.07) is 3.62. The molecular formula is C8H6FNO2. The van der Waals surface area contributed by atoms with Gasteiger partial charge in [0.1, 0.15) is 11.9 Å². The molecule has 4 heteroatoms. The van der Waals surface area contributed by atoms with Crippen molar-refractivity contribution in [1.82, 2.24) is 0 Å². The molecule has 0 aromatic heterocycles. The minimum absolute atomic E-state index is 0.0907. The van der Waals surface area contributed by atoms with Crippen molar-refractivity contribution in [3.05, 3.63) is 23.5 Å². The van der Waals surface area contributed by atoms with Crippen LogP contribution in [0.3, 0.4) is 0 Å². The number of nitrogens with zero attached hydrogens (tertiary/aromatic N) is 1. The molecule has 0 saturated heterocycles. The third-order valence-corrected chi connectivity index (χ3v) is 1.39. The van der Waals surface area contributed by atoms with Crippen LogP contribution >= 0.6 is 0 Å². The standard InChI is InChI=1S/C8H6FNO2/c1-12-8-2-5(4-10)6(9)3-7(8)11/h2-3,11H,1H3. The molecule has 0 heterocycles. The Balaban J connectivity index is 3.30. The number of methoxy groups -OCH3 is 1. The van der Waals surface area contributed by atoms with E-state index in [0.717, 1.165) is 12.1 Å². The fourth-order valence-corrected chi connectivity index (χ4v) is 0.792. The Morgan fingerprint density at radius 3 is 2.75 bits per heavy atom. The average molecular weight is 167 g/mol. The van der Waals surface area contributed by atoms with E-state index in [2.05, 4.69) is 4.74 Å². The number of rotatable bonds is 1. The third kappa shape index (κ3) is 1.30. The van der Waals surface area contributed by atoms with Crippen molar-refractivity contribution < 1.29 is 14.2 Å². The summed E-state index contributed by atoms with van der Waals surface area (Å²) >= 11 is 0. The molecule has 0 saturated carbocycles. The van der Waals surface area contributed by atoms with Gasteiger partial charge in [-0.1, -0.05) is 0 Å². The molecule has 0 spiro atoms. The molecule has 0 atom stereocenters. The number of ether oxygens (including phenoxy) is 1. The molecule has 1 rings (SSSR count). The van der Waals surface area contributed by atoms with Gasteiger partial charge in [-0.2, -0.15) is 5.26 Å². The topological polar surface area (TPSA) is 53.2 Å². The Kier molecular flexibility index (Phi) is 2.15. The third-order valence-electron chi connectivity index (χ3n) is 1.39. The van der Waals surface area contributed by atoms with Crippen LogP contribution in [0.25, 0.3) is 0 Å². The molecular weight excluding hydrogens is 161 g/mol. The maximum absolute atomic E-state index is 12.7. The normalized spacial score (nSPS) is 9.08. The second-order valence-electron chi connectivity index (χ2n) is 2.12. The van der Waals surface area contributed by atoms with Gasteiger partial charge in [-0.05, 0) is 0 Å². The SMILES string of the molecule is COc1cc(C#N)c(F)cc1O.